The smallest absolute Gasteiger partial charge is 0.0859 e. The van der Waals surface area contributed by atoms with Gasteiger partial charge >= 0.3 is 0 Å². The second kappa shape index (κ2) is 5.93. The van der Waals surface area contributed by atoms with Gasteiger partial charge in [0.1, 0.15) is 0 Å². The number of hydrogen-bond donors (Lipinski definition) is 1. The molecule has 1 aromatic rings. The number of fused-ring (bicyclic) bond motifs is 1. The molecule has 0 aliphatic carbocycles. The zero-order valence-electron chi connectivity index (χ0n) is 14.7. The van der Waals surface area contributed by atoms with E-state index in [-0.39, 0.29) is 12.0 Å². The molecule has 2 nitrogen and oxygen atoms in total. The molecule has 1 aliphatic rings. The number of aliphatic hydroxyl groups is 1. The predicted octanol–water partition coefficient (Wildman–Crippen LogP) is 4.43. The number of hydrogen-bond acceptors (Lipinski definition) is 2. The average molecular weight is 309 g/mol. The molecule has 0 radical (unpaired) electrons. The van der Waals surface area contributed by atoms with Gasteiger partial charge in [-0.25, -0.2) is 0 Å². The number of aliphatic hydroxyl groups excluding tert-OH is 1. The van der Waals surface area contributed by atoms with Crippen LogP contribution in [0.2, 0.25) is 0 Å². The normalized spacial score (nSPS) is 26.2. The van der Waals surface area contributed by atoms with Crippen LogP contribution in [0.4, 0.5) is 0 Å². The van der Waals surface area contributed by atoms with Crippen molar-refractivity contribution in [1.29, 1.82) is 0 Å². The SMILES string of the molecule is C=CC(=C)C1=NC(C)(C=C)C(C)(CCO)c2c(C)cc(C)cc21. The van der Waals surface area contributed by atoms with Crippen molar-refractivity contribution >= 4 is 5.71 Å². The molecule has 1 N–H and O–H groups in total. The number of allylic oxidation sites excluding steroid dienone is 2. The van der Waals surface area contributed by atoms with Gasteiger partial charge in [0, 0.05) is 17.6 Å². The predicted molar refractivity (Wildman–Crippen MR) is 99.4 cm³/mol. The van der Waals surface area contributed by atoms with Crippen molar-refractivity contribution in [2.75, 3.05) is 6.61 Å². The van der Waals surface area contributed by atoms with Crippen molar-refractivity contribution in [3.05, 3.63) is 71.8 Å². The molecule has 0 spiro atoms. The van der Waals surface area contributed by atoms with E-state index in [0.29, 0.717) is 6.42 Å². The van der Waals surface area contributed by atoms with Crippen molar-refractivity contribution in [3.63, 3.8) is 0 Å². The van der Waals surface area contributed by atoms with E-state index >= 15 is 0 Å². The lowest BCUT2D eigenvalue weighted by molar-refractivity contribution is 0.203. The minimum Gasteiger partial charge on any atom is -0.396 e. The summed E-state index contributed by atoms with van der Waals surface area (Å²) in [6.45, 7) is 20.6. The molecule has 2 rings (SSSR count). The lowest BCUT2D eigenvalue weighted by atomic mass is 9.60. The molecule has 1 aromatic carbocycles. The fourth-order valence-electron chi connectivity index (χ4n) is 3.77. The molecule has 122 valence electrons. The van der Waals surface area contributed by atoms with Crippen molar-refractivity contribution in [3.8, 4) is 0 Å². The van der Waals surface area contributed by atoms with Crippen molar-refractivity contribution in [2.24, 2.45) is 4.99 Å². The molecule has 1 aliphatic heterocycles. The van der Waals surface area contributed by atoms with Crippen LogP contribution in [0.5, 0.6) is 0 Å². The summed E-state index contributed by atoms with van der Waals surface area (Å²) in [6, 6.07) is 4.35. The van der Waals surface area contributed by atoms with Gasteiger partial charge in [-0.1, -0.05) is 43.9 Å². The van der Waals surface area contributed by atoms with Gasteiger partial charge in [0.15, 0.2) is 0 Å². The molecule has 0 aromatic heterocycles. The highest BCUT2D eigenvalue weighted by atomic mass is 16.3. The van der Waals surface area contributed by atoms with Gasteiger partial charge in [0.05, 0.1) is 11.3 Å². The van der Waals surface area contributed by atoms with Gasteiger partial charge in [-0.05, 0) is 50.0 Å². The lowest BCUT2D eigenvalue weighted by Crippen LogP contribution is -2.50. The third-order valence-electron chi connectivity index (χ3n) is 5.31. The Balaban J connectivity index is 2.92. The van der Waals surface area contributed by atoms with E-state index in [9.17, 15) is 5.11 Å². The first-order chi connectivity index (χ1) is 10.7. The van der Waals surface area contributed by atoms with E-state index in [1.807, 2.05) is 6.08 Å². The van der Waals surface area contributed by atoms with Gasteiger partial charge in [-0.15, -0.1) is 6.58 Å². The van der Waals surface area contributed by atoms with Crippen LogP contribution < -0.4 is 0 Å². The van der Waals surface area contributed by atoms with Gasteiger partial charge in [0.2, 0.25) is 0 Å². The minimum absolute atomic E-state index is 0.111. The molecule has 2 heteroatoms. The average Bonchev–Trinajstić information content (AvgIpc) is 2.49. The number of rotatable bonds is 5. The first-order valence-electron chi connectivity index (χ1n) is 8.02. The Morgan fingerprint density at radius 1 is 1.26 bits per heavy atom. The molecule has 0 saturated carbocycles. The molecule has 2 unspecified atom stereocenters. The summed E-state index contributed by atoms with van der Waals surface area (Å²) in [7, 11) is 0. The highest BCUT2D eigenvalue weighted by Crippen LogP contribution is 2.48. The zero-order valence-corrected chi connectivity index (χ0v) is 14.7. The second-order valence-electron chi connectivity index (χ2n) is 6.85. The van der Waals surface area contributed by atoms with Crippen LogP contribution in [0.1, 0.15) is 42.5 Å². The number of aryl methyl sites for hydroxylation is 2. The molecule has 23 heavy (non-hydrogen) atoms. The summed E-state index contributed by atoms with van der Waals surface area (Å²) in [5.41, 5.74) is 5.60. The standard InChI is InChI=1S/C21H27NO/c1-8-15(4)19-17-13-14(3)12-16(5)18(17)20(6,10-11-23)21(7,9-2)22-19/h8-9,12-13,23H,1-2,4,10-11H2,3,5-7H3. The first-order valence-corrected chi connectivity index (χ1v) is 8.02. The zero-order chi connectivity index (χ0) is 17.4. The topological polar surface area (TPSA) is 32.6 Å². The second-order valence-corrected chi connectivity index (χ2v) is 6.85. The Kier molecular flexibility index (Phi) is 4.50. The van der Waals surface area contributed by atoms with Gasteiger partial charge in [-0.3, -0.25) is 4.99 Å². The summed E-state index contributed by atoms with van der Waals surface area (Å²) in [6.07, 6.45) is 4.27. The maximum absolute atomic E-state index is 9.69. The maximum Gasteiger partial charge on any atom is 0.0859 e. The fourth-order valence-corrected chi connectivity index (χ4v) is 3.77. The van der Waals surface area contributed by atoms with Crippen LogP contribution in [-0.4, -0.2) is 23.0 Å². The maximum atomic E-state index is 9.69. The summed E-state index contributed by atoms with van der Waals surface area (Å²) in [5.74, 6) is 0. The lowest BCUT2D eigenvalue weighted by Gasteiger charge is -2.48. The Morgan fingerprint density at radius 3 is 2.43 bits per heavy atom. The molecule has 0 amide bonds. The number of benzene rings is 1. The quantitative estimate of drug-likeness (QED) is 0.633. The molecular weight excluding hydrogens is 282 g/mol. The molecule has 0 saturated heterocycles. The monoisotopic (exact) mass is 309 g/mol. The fraction of sp³-hybridized carbons (Fsp3) is 0.381. The van der Waals surface area contributed by atoms with Crippen molar-refractivity contribution < 1.29 is 5.11 Å². The number of aliphatic imine (C=N–C) groups is 1. The van der Waals surface area contributed by atoms with Crippen LogP contribution in [0.25, 0.3) is 0 Å². The molecular formula is C21H27NO. The number of nitrogens with zero attached hydrogens (tertiary/aromatic N) is 1. The molecule has 1 heterocycles. The van der Waals surface area contributed by atoms with Crippen LogP contribution >= 0.6 is 0 Å². The van der Waals surface area contributed by atoms with E-state index < -0.39 is 5.54 Å². The summed E-state index contributed by atoms with van der Waals surface area (Å²) >= 11 is 0. The van der Waals surface area contributed by atoms with Crippen LogP contribution in [0.3, 0.4) is 0 Å². The third-order valence-corrected chi connectivity index (χ3v) is 5.31. The third kappa shape index (κ3) is 2.51. The van der Waals surface area contributed by atoms with E-state index in [2.05, 4.69) is 59.6 Å². The van der Waals surface area contributed by atoms with Crippen LogP contribution in [0.15, 0.2) is 54.6 Å². The van der Waals surface area contributed by atoms with E-state index in [1.165, 1.54) is 16.7 Å². The Hall–Kier alpha value is -1.93. The van der Waals surface area contributed by atoms with Gasteiger partial charge < -0.3 is 5.11 Å². The summed E-state index contributed by atoms with van der Waals surface area (Å²) in [5, 5.41) is 9.69. The first kappa shape index (κ1) is 17.4. The molecule has 2 atom stereocenters. The Labute approximate surface area is 140 Å². The van der Waals surface area contributed by atoms with Crippen LogP contribution in [-0.2, 0) is 5.41 Å². The Bertz CT molecular complexity index is 713. The van der Waals surface area contributed by atoms with E-state index in [4.69, 9.17) is 4.99 Å². The molecule has 0 fully saturated rings. The minimum atomic E-state index is -0.510. The van der Waals surface area contributed by atoms with Crippen molar-refractivity contribution in [1.82, 2.24) is 0 Å². The van der Waals surface area contributed by atoms with E-state index in [1.54, 1.807) is 6.08 Å². The summed E-state index contributed by atoms with van der Waals surface area (Å²) < 4.78 is 0. The molecule has 0 bridgehead atoms. The highest BCUT2D eigenvalue weighted by Gasteiger charge is 2.48. The van der Waals surface area contributed by atoms with E-state index in [0.717, 1.165) is 16.8 Å². The highest BCUT2D eigenvalue weighted by molar-refractivity contribution is 6.16. The largest absolute Gasteiger partial charge is 0.396 e. The van der Waals surface area contributed by atoms with Crippen LogP contribution in [0, 0.1) is 13.8 Å². The summed E-state index contributed by atoms with van der Waals surface area (Å²) in [4.78, 5) is 5.02. The van der Waals surface area contributed by atoms with Crippen molar-refractivity contribution in [2.45, 2.75) is 45.1 Å². The van der Waals surface area contributed by atoms with Gasteiger partial charge in [-0.2, -0.15) is 0 Å². The van der Waals surface area contributed by atoms with Gasteiger partial charge in [0.25, 0.3) is 0 Å². The Morgan fingerprint density at radius 2 is 1.91 bits per heavy atom.